The minimum Gasteiger partial charge on any atom is -0.465 e. The van der Waals surface area contributed by atoms with E-state index in [1.54, 1.807) is 6.07 Å². The summed E-state index contributed by atoms with van der Waals surface area (Å²) < 4.78 is 4.69. The molecule has 5 heteroatoms. The number of carbonyl (C=O) groups is 1. The van der Waals surface area contributed by atoms with E-state index in [4.69, 9.17) is 10.5 Å². The highest BCUT2D eigenvalue weighted by Gasteiger charge is 2.23. The molecule has 1 aliphatic rings. The Morgan fingerprint density at radius 1 is 1.58 bits per heavy atom. The molecule has 0 bridgehead atoms. The fourth-order valence-corrected chi connectivity index (χ4v) is 2.61. The Labute approximate surface area is 113 Å². The average Bonchev–Trinajstić information content (AvgIpc) is 2.82. The molecule has 0 radical (unpaired) electrons. The van der Waals surface area contributed by atoms with Gasteiger partial charge in [-0.2, -0.15) is 0 Å². The number of nitrogens with two attached hydrogens (primary N) is 1. The highest BCUT2D eigenvalue weighted by Crippen LogP contribution is 2.31. The van der Waals surface area contributed by atoms with E-state index in [1.165, 1.54) is 32.6 Å². The van der Waals surface area contributed by atoms with E-state index < -0.39 is 5.97 Å². The fourth-order valence-electron chi connectivity index (χ4n) is 2.61. The van der Waals surface area contributed by atoms with Gasteiger partial charge in [-0.05, 0) is 24.3 Å². The number of methoxy groups -OCH3 is 1. The smallest absolute Gasteiger partial charge is 0.340 e. The van der Waals surface area contributed by atoms with Crippen molar-refractivity contribution >= 4 is 17.5 Å². The lowest BCUT2D eigenvalue weighted by molar-refractivity contribution is 0.0602. The first-order valence-corrected chi connectivity index (χ1v) is 6.69. The SMILES string of the molecule is COC(=O)c1cc(NCC2CCCC2C)ncc1N. The van der Waals surface area contributed by atoms with Crippen LogP contribution in [0.15, 0.2) is 12.3 Å². The zero-order valence-corrected chi connectivity index (χ0v) is 11.5. The van der Waals surface area contributed by atoms with Gasteiger partial charge in [-0.25, -0.2) is 9.78 Å². The van der Waals surface area contributed by atoms with Gasteiger partial charge in [0.15, 0.2) is 0 Å². The maximum absolute atomic E-state index is 11.5. The summed E-state index contributed by atoms with van der Waals surface area (Å²) >= 11 is 0. The molecule has 2 atom stereocenters. The normalized spacial score (nSPS) is 22.2. The largest absolute Gasteiger partial charge is 0.465 e. The molecule has 104 valence electrons. The molecule has 1 aromatic heterocycles. The summed E-state index contributed by atoms with van der Waals surface area (Å²) in [4.78, 5) is 15.7. The van der Waals surface area contributed by atoms with Crippen LogP contribution in [0.2, 0.25) is 0 Å². The summed E-state index contributed by atoms with van der Waals surface area (Å²) in [6.07, 6.45) is 5.35. The first-order valence-electron chi connectivity index (χ1n) is 6.69. The maximum Gasteiger partial charge on any atom is 0.340 e. The third-order valence-electron chi connectivity index (χ3n) is 3.92. The Hall–Kier alpha value is -1.78. The van der Waals surface area contributed by atoms with Crippen molar-refractivity contribution < 1.29 is 9.53 Å². The van der Waals surface area contributed by atoms with Crippen LogP contribution in [0.25, 0.3) is 0 Å². The first kappa shape index (κ1) is 13.6. The van der Waals surface area contributed by atoms with Crippen molar-refractivity contribution in [2.24, 2.45) is 11.8 Å². The van der Waals surface area contributed by atoms with Crippen LogP contribution in [-0.2, 0) is 4.74 Å². The zero-order valence-electron chi connectivity index (χ0n) is 11.5. The van der Waals surface area contributed by atoms with E-state index in [-0.39, 0.29) is 0 Å². The Bertz CT molecular complexity index is 462. The first-order chi connectivity index (χ1) is 9.11. The molecule has 0 amide bonds. The molecule has 2 rings (SSSR count). The Kier molecular flexibility index (Phi) is 4.24. The van der Waals surface area contributed by atoms with Crippen LogP contribution < -0.4 is 11.1 Å². The second-order valence-electron chi connectivity index (χ2n) is 5.20. The average molecular weight is 263 g/mol. The van der Waals surface area contributed by atoms with E-state index in [0.717, 1.165) is 12.5 Å². The molecule has 0 spiro atoms. The van der Waals surface area contributed by atoms with E-state index in [0.29, 0.717) is 23.0 Å². The number of rotatable bonds is 4. The van der Waals surface area contributed by atoms with Crippen LogP contribution in [0.3, 0.4) is 0 Å². The van der Waals surface area contributed by atoms with Crippen molar-refractivity contribution in [3.63, 3.8) is 0 Å². The summed E-state index contributed by atoms with van der Waals surface area (Å²) in [6, 6.07) is 1.65. The number of nitrogens with one attached hydrogen (secondary N) is 1. The molecule has 0 saturated heterocycles. The van der Waals surface area contributed by atoms with Crippen molar-refractivity contribution in [1.29, 1.82) is 0 Å². The molecule has 1 heterocycles. The molecule has 5 nitrogen and oxygen atoms in total. The minimum absolute atomic E-state index is 0.339. The Morgan fingerprint density at radius 3 is 3.00 bits per heavy atom. The van der Waals surface area contributed by atoms with Crippen molar-refractivity contribution in [3.8, 4) is 0 Å². The third-order valence-corrected chi connectivity index (χ3v) is 3.92. The van der Waals surface area contributed by atoms with Gasteiger partial charge in [0.05, 0.1) is 24.6 Å². The van der Waals surface area contributed by atoms with Gasteiger partial charge < -0.3 is 15.8 Å². The second kappa shape index (κ2) is 5.91. The van der Waals surface area contributed by atoms with Gasteiger partial charge in [-0.15, -0.1) is 0 Å². The Balaban J connectivity index is 2.02. The van der Waals surface area contributed by atoms with Gasteiger partial charge in [0.1, 0.15) is 5.82 Å². The molecular formula is C14H21N3O2. The van der Waals surface area contributed by atoms with Crippen molar-refractivity contribution in [1.82, 2.24) is 4.98 Å². The number of ether oxygens (including phenoxy) is 1. The summed E-state index contributed by atoms with van der Waals surface area (Å²) in [5.74, 6) is 1.67. The van der Waals surface area contributed by atoms with Gasteiger partial charge in [0.25, 0.3) is 0 Å². The van der Waals surface area contributed by atoms with Gasteiger partial charge in [-0.1, -0.05) is 19.8 Å². The number of esters is 1. The van der Waals surface area contributed by atoms with Crippen molar-refractivity contribution in [2.75, 3.05) is 24.7 Å². The van der Waals surface area contributed by atoms with E-state index in [9.17, 15) is 4.79 Å². The third kappa shape index (κ3) is 3.16. The predicted molar refractivity (Wildman–Crippen MR) is 75.0 cm³/mol. The van der Waals surface area contributed by atoms with Crippen LogP contribution in [-0.4, -0.2) is 24.6 Å². The number of aromatic nitrogens is 1. The minimum atomic E-state index is -0.433. The van der Waals surface area contributed by atoms with Crippen LogP contribution >= 0.6 is 0 Å². The number of nitrogen functional groups attached to an aromatic ring is 1. The lowest BCUT2D eigenvalue weighted by Gasteiger charge is -2.16. The van der Waals surface area contributed by atoms with Crippen LogP contribution in [0, 0.1) is 11.8 Å². The monoisotopic (exact) mass is 263 g/mol. The topological polar surface area (TPSA) is 77.2 Å². The zero-order chi connectivity index (χ0) is 13.8. The van der Waals surface area contributed by atoms with Gasteiger partial charge in [0, 0.05) is 6.54 Å². The van der Waals surface area contributed by atoms with Gasteiger partial charge in [-0.3, -0.25) is 0 Å². The quantitative estimate of drug-likeness (QED) is 0.815. The van der Waals surface area contributed by atoms with Crippen molar-refractivity contribution in [3.05, 3.63) is 17.8 Å². The van der Waals surface area contributed by atoms with E-state index >= 15 is 0 Å². The molecule has 2 unspecified atom stereocenters. The molecule has 1 saturated carbocycles. The molecule has 0 aliphatic heterocycles. The number of pyridine rings is 1. The molecule has 1 aromatic rings. The summed E-state index contributed by atoms with van der Waals surface area (Å²) in [7, 11) is 1.34. The number of anilines is 2. The molecule has 19 heavy (non-hydrogen) atoms. The predicted octanol–water partition coefficient (Wildman–Crippen LogP) is 2.30. The number of nitrogens with zero attached hydrogens (tertiary/aromatic N) is 1. The standard InChI is InChI=1S/C14H21N3O2/c1-9-4-3-5-10(9)7-16-13-6-11(14(18)19-2)12(15)8-17-13/h6,8-10H,3-5,7,15H2,1-2H3,(H,16,17). The lowest BCUT2D eigenvalue weighted by atomic mass is 9.98. The second-order valence-corrected chi connectivity index (χ2v) is 5.20. The highest BCUT2D eigenvalue weighted by molar-refractivity contribution is 5.95. The van der Waals surface area contributed by atoms with E-state index in [1.807, 2.05) is 0 Å². The van der Waals surface area contributed by atoms with Gasteiger partial charge >= 0.3 is 5.97 Å². The van der Waals surface area contributed by atoms with Crippen LogP contribution in [0.4, 0.5) is 11.5 Å². The molecule has 1 aliphatic carbocycles. The van der Waals surface area contributed by atoms with Crippen LogP contribution in [0.1, 0.15) is 36.5 Å². The fraction of sp³-hybridized carbons (Fsp3) is 0.571. The maximum atomic E-state index is 11.5. The molecule has 3 N–H and O–H groups in total. The molecule has 0 aromatic carbocycles. The van der Waals surface area contributed by atoms with Gasteiger partial charge in [0.2, 0.25) is 0 Å². The van der Waals surface area contributed by atoms with Crippen LogP contribution in [0.5, 0.6) is 0 Å². The van der Waals surface area contributed by atoms with Crippen molar-refractivity contribution in [2.45, 2.75) is 26.2 Å². The Morgan fingerprint density at radius 2 is 2.37 bits per heavy atom. The van der Waals surface area contributed by atoms with E-state index in [2.05, 4.69) is 17.2 Å². The molecular weight excluding hydrogens is 242 g/mol. The summed E-state index contributed by atoms with van der Waals surface area (Å²) in [5, 5.41) is 3.29. The highest BCUT2D eigenvalue weighted by atomic mass is 16.5. The summed E-state index contributed by atoms with van der Waals surface area (Å²) in [5.41, 5.74) is 6.42. The lowest BCUT2D eigenvalue weighted by Crippen LogP contribution is -2.17. The number of hydrogen-bond acceptors (Lipinski definition) is 5. The number of carbonyl (C=O) groups excluding carboxylic acids is 1. The molecule has 1 fully saturated rings. The number of hydrogen-bond donors (Lipinski definition) is 2. The summed E-state index contributed by atoms with van der Waals surface area (Å²) in [6.45, 7) is 3.17.